The molecule has 2 heterocycles. The minimum absolute atomic E-state index is 0. The minimum atomic E-state index is -4.59. The van der Waals surface area contributed by atoms with Gasteiger partial charge in [-0.3, -0.25) is 4.98 Å². The molecule has 2 N–H and O–H groups in total. The summed E-state index contributed by atoms with van der Waals surface area (Å²) in [4.78, 5) is 2.90. The number of nitrogens with one attached hydrogen (secondary N) is 2. The van der Waals surface area contributed by atoms with Crippen molar-refractivity contribution in [2.24, 2.45) is 5.92 Å². The molecule has 2 atom stereocenters. The van der Waals surface area contributed by atoms with Crippen LogP contribution in [-0.2, 0) is 16.2 Å². The first kappa shape index (κ1) is 19.1. The van der Waals surface area contributed by atoms with Gasteiger partial charge in [-0.05, 0) is 31.0 Å². The van der Waals surface area contributed by atoms with E-state index in [9.17, 15) is 21.6 Å². The molecule has 126 valence electrons. The van der Waals surface area contributed by atoms with Crippen molar-refractivity contribution in [1.29, 1.82) is 0 Å². The van der Waals surface area contributed by atoms with Gasteiger partial charge in [0.05, 0.1) is 0 Å². The van der Waals surface area contributed by atoms with Crippen molar-refractivity contribution in [3.8, 4) is 0 Å². The van der Waals surface area contributed by atoms with E-state index in [0.717, 1.165) is 25.2 Å². The molecule has 0 aliphatic carbocycles. The lowest BCUT2D eigenvalue weighted by atomic mass is 9.96. The van der Waals surface area contributed by atoms with Crippen molar-refractivity contribution in [2.75, 3.05) is 13.1 Å². The number of nitrogens with zero attached hydrogens (tertiary/aromatic N) is 1. The molecule has 1 fully saturated rings. The number of piperidine rings is 1. The Kier molecular flexibility index (Phi) is 6.19. The first-order valence-electron chi connectivity index (χ1n) is 6.46. The second kappa shape index (κ2) is 7.12. The van der Waals surface area contributed by atoms with Gasteiger partial charge in [0.2, 0.25) is 10.0 Å². The molecule has 0 amide bonds. The molecule has 2 unspecified atom stereocenters. The molecule has 0 spiro atoms. The van der Waals surface area contributed by atoms with E-state index in [4.69, 9.17) is 0 Å². The molecule has 10 heteroatoms. The summed E-state index contributed by atoms with van der Waals surface area (Å²) in [7, 11) is -3.87. The number of alkyl halides is 3. The van der Waals surface area contributed by atoms with E-state index in [-0.39, 0.29) is 29.3 Å². The van der Waals surface area contributed by atoms with E-state index in [1.54, 1.807) is 0 Å². The van der Waals surface area contributed by atoms with Gasteiger partial charge in [0.1, 0.15) is 10.6 Å². The zero-order valence-corrected chi connectivity index (χ0v) is 13.4. The molecule has 0 aromatic carbocycles. The average molecular weight is 360 g/mol. The second-order valence-corrected chi connectivity index (χ2v) is 6.79. The smallest absolute Gasteiger partial charge is 0.315 e. The fraction of sp³-hybridized carbons (Fsp3) is 0.583. The summed E-state index contributed by atoms with van der Waals surface area (Å²) in [6.45, 7) is 3.24. The Labute approximate surface area is 133 Å². The van der Waals surface area contributed by atoms with Crippen LogP contribution in [0.5, 0.6) is 0 Å². The normalized spacial score (nSPS) is 22.9. The van der Waals surface area contributed by atoms with Crippen LogP contribution in [0.2, 0.25) is 0 Å². The van der Waals surface area contributed by atoms with E-state index in [2.05, 4.69) is 15.0 Å². The van der Waals surface area contributed by atoms with Gasteiger partial charge in [0, 0.05) is 18.8 Å². The Hall–Kier alpha value is -0.900. The minimum Gasteiger partial charge on any atom is -0.315 e. The van der Waals surface area contributed by atoms with Crippen LogP contribution in [0.1, 0.15) is 19.0 Å². The van der Waals surface area contributed by atoms with Gasteiger partial charge in [0.25, 0.3) is 0 Å². The summed E-state index contributed by atoms with van der Waals surface area (Å²) in [5.74, 6) is 0.156. The maximum Gasteiger partial charge on any atom is 0.433 e. The van der Waals surface area contributed by atoms with Gasteiger partial charge in [-0.25, -0.2) is 13.1 Å². The predicted molar refractivity (Wildman–Crippen MR) is 77.2 cm³/mol. The van der Waals surface area contributed by atoms with Crippen LogP contribution in [-0.4, -0.2) is 32.5 Å². The van der Waals surface area contributed by atoms with Crippen LogP contribution in [0.3, 0.4) is 0 Å². The lowest BCUT2D eigenvalue weighted by Crippen LogP contribution is -2.50. The third-order valence-corrected chi connectivity index (χ3v) is 4.95. The van der Waals surface area contributed by atoms with Crippen molar-refractivity contribution in [3.63, 3.8) is 0 Å². The Balaban J connectivity index is 0.00000242. The van der Waals surface area contributed by atoms with Crippen LogP contribution in [0, 0.1) is 5.92 Å². The highest BCUT2D eigenvalue weighted by atomic mass is 35.5. The fourth-order valence-corrected chi connectivity index (χ4v) is 3.41. The van der Waals surface area contributed by atoms with Crippen molar-refractivity contribution in [2.45, 2.75) is 30.5 Å². The standard InChI is InChI=1S/C12H16F3N3O2S.ClH/c1-8-4-5-16-7-10(8)18-21(19,20)9-2-3-11(17-6-9)12(13,14)15;/h2-3,6,8,10,16,18H,4-5,7H2,1H3;1H. The second-order valence-electron chi connectivity index (χ2n) is 5.07. The van der Waals surface area contributed by atoms with Gasteiger partial charge in [-0.15, -0.1) is 12.4 Å². The summed E-state index contributed by atoms with van der Waals surface area (Å²) in [6, 6.07) is 1.29. The lowest BCUT2D eigenvalue weighted by Gasteiger charge is -2.29. The first-order valence-corrected chi connectivity index (χ1v) is 7.95. The fourth-order valence-electron chi connectivity index (χ4n) is 2.12. The molecule has 1 aliphatic heterocycles. The molecule has 0 bridgehead atoms. The summed E-state index contributed by atoms with van der Waals surface area (Å²) >= 11 is 0. The summed E-state index contributed by atoms with van der Waals surface area (Å²) in [6.07, 6.45) is -3.03. The average Bonchev–Trinajstić information content (AvgIpc) is 2.40. The quantitative estimate of drug-likeness (QED) is 0.863. The Bertz CT molecular complexity index is 593. The number of pyridine rings is 1. The van der Waals surface area contributed by atoms with E-state index < -0.39 is 21.9 Å². The number of aromatic nitrogens is 1. The zero-order valence-electron chi connectivity index (χ0n) is 11.7. The molecule has 1 saturated heterocycles. The Morgan fingerprint density at radius 1 is 1.36 bits per heavy atom. The molecule has 2 rings (SSSR count). The summed E-state index contributed by atoms with van der Waals surface area (Å²) in [5, 5.41) is 3.08. The van der Waals surface area contributed by atoms with Gasteiger partial charge < -0.3 is 5.32 Å². The maximum absolute atomic E-state index is 12.4. The topological polar surface area (TPSA) is 71.1 Å². The van der Waals surface area contributed by atoms with E-state index >= 15 is 0 Å². The highest BCUT2D eigenvalue weighted by molar-refractivity contribution is 7.89. The Morgan fingerprint density at radius 3 is 2.55 bits per heavy atom. The van der Waals surface area contributed by atoms with Crippen molar-refractivity contribution < 1.29 is 21.6 Å². The van der Waals surface area contributed by atoms with Crippen LogP contribution in [0.4, 0.5) is 13.2 Å². The third kappa shape index (κ3) is 4.55. The zero-order chi connectivity index (χ0) is 15.7. The number of sulfonamides is 1. The first-order chi connectivity index (χ1) is 9.70. The molecule has 0 radical (unpaired) electrons. The van der Waals surface area contributed by atoms with Crippen molar-refractivity contribution in [3.05, 3.63) is 24.0 Å². The summed E-state index contributed by atoms with van der Waals surface area (Å²) in [5.41, 5.74) is -1.12. The summed E-state index contributed by atoms with van der Waals surface area (Å²) < 4.78 is 64.0. The monoisotopic (exact) mass is 359 g/mol. The largest absolute Gasteiger partial charge is 0.433 e. The molecule has 1 aliphatic rings. The van der Waals surface area contributed by atoms with Crippen LogP contribution < -0.4 is 10.0 Å². The molecule has 1 aromatic heterocycles. The number of rotatable bonds is 3. The highest BCUT2D eigenvalue weighted by Gasteiger charge is 2.33. The van der Waals surface area contributed by atoms with Crippen molar-refractivity contribution >= 4 is 22.4 Å². The molecule has 1 aromatic rings. The molecule has 0 saturated carbocycles. The number of halogens is 4. The molecular weight excluding hydrogens is 343 g/mol. The predicted octanol–water partition coefficient (Wildman–Crippen LogP) is 1.80. The van der Waals surface area contributed by atoms with Gasteiger partial charge >= 0.3 is 6.18 Å². The van der Waals surface area contributed by atoms with E-state index in [1.807, 2.05) is 6.92 Å². The van der Waals surface area contributed by atoms with Gasteiger partial charge in [-0.1, -0.05) is 6.92 Å². The van der Waals surface area contributed by atoms with Gasteiger partial charge in [0.15, 0.2) is 0 Å². The number of hydrogen-bond donors (Lipinski definition) is 2. The molecule has 5 nitrogen and oxygen atoms in total. The Morgan fingerprint density at radius 2 is 2.05 bits per heavy atom. The van der Waals surface area contributed by atoms with E-state index in [1.165, 1.54) is 0 Å². The lowest BCUT2D eigenvalue weighted by molar-refractivity contribution is -0.141. The van der Waals surface area contributed by atoms with Crippen LogP contribution >= 0.6 is 12.4 Å². The SMILES string of the molecule is CC1CCNCC1NS(=O)(=O)c1ccc(C(F)(F)F)nc1.Cl. The highest BCUT2D eigenvalue weighted by Crippen LogP contribution is 2.27. The van der Waals surface area contributed by atoms with Gasteiger partial charge in [-0.2, -0.15) is 13.2 Å². The molecular formula is C12H17ClF3N3O2S. The third-order valence-electron chi connectivity index (χ3n) is 3.47. The maximum atomic E-state index is 12.4. The van der Waals surface area contributed by atoms with Crippen LogP contribution in [0.15, 0.2) is 23.2 Å². The molecule has 22 heavy (non-hydrogen) atoms. The van der Waals surface area contributed by atoms with Crippen LogP contribution in [0.25, 0.3) is 0 Å². The van der Waals surface area contributed by atoms with E-state index in [0.29, 0.717) is 12.6 Å². The number of hydrogen-bond acceptors (Lipinski definition) is 4. The van der Waals surface area contributed by atoms with Crippen molar-refractivity contribution in [1.82, 2.24) is 15.0 Å².